The van der Waals surface area contributed by atoms with Crippen molar-refractivity contribution in [2.24, 2.45) is 0 Å². The zero-order valence-corrected chi connectivity index (χ0v) is 12.4. The summed E-state index contributed by atoms with van der Waals surface area (Å²) in [6.45, 7) is 1.94. The molecule has 23 heavy (non-hydrogen) atoms. The van der Waals surface area contributed by atoms with Crippen LogP contribution in [0.5, 0.6) is 11.5 Å². The van der Waals surface area contributed by atoms with Crippen LogP contribution in [0, 0.1) is 6.92 Å². The molecule has 3 rings (SSSR count). The second kappa shape index (κ2) is 6.65. The van der Waals surface area contributed by atoms with Crippen molar-refractivity contribution >= 4 is 11.6 Å². The van der Waals surface area contributed by atoms with E-state index in [1.165, 1.54) is 6.33 Å². The van der Waals surface area contributed by atoms with E-state index < -0.39 is 0 Å². The summed E-state index contributed by atoms with van der Waals surface area (Å²) < 4.78 is 5.59. The summed E-state index contributed by atoms with van der Waals surface area (Å²) in [6, 6.07) is 9.06. The number of amides is 1. The lowest BCUT2D eigenvalue weighted by molar-refractivity contribution is 0.102. The van der Waals surface area contributed by atoms with Crippen LogP contribution >= 0.6 is 0 Å². The Morgan fingerprint density at radius 2 is 1.78 bits per heavy atom. The first-order valence-electron chi connectivity index (χ1n) is 6.96. The maximum atomic E-state index is 12.2. The number of anilines is 1. The lowest BCUT2D eigenvalue weighted by Gasteiger charge is -2.08. The summed E-state index contributed by atoms with van der Waals surface area (Å²) in [4.78, 5) is 24.0. The van der Waals surface area contributed by atoms with Crippen LogP contribution in [0.25, 0.3) is 0 Å². The second-order valence-electron chi connectivity index (χ2n) is 4.91. The van der Waals surface area contributed by atoms with Crippen LogP contribution in [0.4, 0.5) is 5.69 Å². The van der Waals surface area contributed by atoms with Gasteiger partial charge < -0.3 is 10.1 Å². The Bertz CT molecular complexity index is 822. The zero-order chi connectivity index (χ0) is 16.1. The number of aryl methyl sites for hydroxylation is 1. The lowest BCUT2D eigenvalue weighted by atomic mass is 10.1. The van der Waals surface area contributed by atoms with Gasteiger partial charge >= 0.3 is 0 Å². The lowest BCUT2D eigenvalue weighted by Crippen LogP contribution is -2.12. The van der Waals surface area contributed by atoms with E-state index in [4.69, 9.17) is 4.74 Å². The minimum Gasteiger partial charge on any atom is -0.452 e. The molecule has 0 saturated carbocycles. The average molecular weight is 306 g/mol. The van der Waals surface area contributed by atoms with E-state index in [2.05, 4.69) is 20.3 Å². The minimum atomic E-state index is -0.198. The topological polar surface area (TPSA) is 77.0 Å². The van der Waals surface area contributed by atoms with Gasteiger partial charge in [0.25, 0.3) is 5.91 Å². The molecule has 1 amide bonds. The molecular formula is C17H14N4O2. The number of aromatic nitrogens is 3. The molecule has 0 fully saturated rings. The molecule has 3 aromatic rings. The molecule has 2 heterocycles. The number of nitrogens with zero attached hydrogens (tertiary/aromatic N) is 3. The summed E-state index contributed by atoms with van der Waals surface area (Å²) in [7, 11) is 0. The Kier molecular flexibility index (Phi) is 4.24. The normalized spacial score (nSPS) is 10.1. The molecule has 0 atom stereocenters. The predicted octanol–water partition coefficient (Wildman–Crippen LogP) is 3.22. The van der Waals surface area contributed by atoms with Gasteiger partial charge in [-0.2, -0.15) is 0 Å². The number of hydrogen-bond acceptors (Lipinski definition) is 5. The van der Waals surface area contributed by atoms with Crippen molar-refractivity contribution in [2.75, 3.05) is 5.32 Å². The van der Waals surface area contributed by atoms with Crippen LogP contribution in [0.1, 0.15) is 15.9 Å². The molecule has 6 heteroatoms. The number of carbonyl (C=O) groups excluding carboxylic acids is 1. The van der Waals surface area contributed by atoms with Gasteiger partial charge in [-0.25, -0.2) is 9.97 Å². The van der Waals surface area contributed by atoms with Crippen LogP contribution < -0.4 is 10.1 Å². The monoisotopic (exact) mass is 306 g/mol. The van der Waals surface area contributed by atoms with Gasteiger partial charge in [-0.3, -0.25) is 9.78 Å². The molecule has 0 aliphatic rings. The molecule has 114 valence electrons. The van der Waals surface area contributed by atoms with Crippen LogP contribution in [0.15, 0.2) is 61.4 Å². The first-order chi connectivity index (χ1) is 11.2. The van der Waals surface area contributed by atoms with Crippen molar-refractivity contribution in [3.05, 3.63) is 72.6 Å². The van der Waals surface area contributed by atoms with E-state index in [9.17, 15) is 4.79 Å². The fourth-order valence-electron chi connectivity index (χ4n) is 2.01. The maximum absolute atomic E-state index is 12.2. The van der Waals surface area contributed by atoms with E-state index in [0.717, 1.165) is 5.56 Å². The molecule has 0 aliphatic carbocycles. The van der Waals surface area contributed by atoms with Gasteiger partial charge in [0.2, 0.25) is 0 Å². The highest BCUT2D eigenvalue weighted by Crippen LogP contribution is 2.22. The summed E-state index contributed by atoms with van der Waals surface area (Å²) in [5.74, 6) is 0.786. The highest BCUT2D eigenvalue weighted by molar-refractivity contribution is 6.04. The standard InChI is InChI=1S/C17H14N4O2/c1-12-3-2-4-13(5-12)17(22)21-14-6-15(8-18-7-14)23-16-9-19-11-20-10-16/h2-11H,1H3,(H,21,22). The first kappa shape index (κ1) is 14.6. The van der Waals surface area contributed by atoms with Gasteiger partial charge in [0, 0.05) is 11.6 Å². The fourth-order valence-corrected chi connectivity index (χ4v) is 2.01. The van der Waals surface area contributed by atoms with Gasteiger partial charge in [0.1, 0.15) is 12.1 Å². The van der Waals surface area contributed by atoms with Gasteiger partial charge in [0.05, 0.1) is 30.5 Å². The van der Waals surface area contributed by atoms with Crippen molar-refractivity contribution < 1.29 is 9.53 Å². The number of pyridine rings is 1. The van der Waals surface area contributed by atoms with Gasteiger partial charge in [-0.05, 0) is 19.1 Å². The van der Waals surface area contributed by atoms with Crippen LogP contribution in [0.2, 0.25) is 0 Å². The number of ether oxygens (including phenoxy) is 1. The summed E-state index contributed by atoms with van der Waals surface area (Å²) in [5, 5.41) is 2.80. The molecule has 0 aliphatic heterocycles. The van der Waals surface area contributed by atoms with Crippen LogP contribution in [0.3, 0.4) is 0 Å². The summed E-state index contributed by atoms with van der Waals surface area (Å²) >= 11 is 0. The molecule has 1 aromatic carbocycles. The zero-order valence-electron chi connectivity index (χ0n) is 12.4. The Hall–Kier alpha value is -3.28. The Morgan fingerprint density at radius 1 is 1.00 bits per heavy atom. The number of nitrogens with one attached hydrogen (secondary N) is 1. The third-order valence-corrected chi connectivity index (χ3v) is 3.02. The Labute approximate surface area is 133 Å². The van der Waals surface area contributed by atoms with Gasteiger partial charge in [-0.15, -0.1) is 0 Å². The highest BCUT2D eigenvalue weighted by atomic mass is 16.5. The Morgan fingerprint density at radius 3 is 2.57 bits per heavy atom. The SMILES string of the molecule is Cc1cccc(C(=O)Nc2cncc(Oc3cncnc3)c2)c1. The minimum absolute atomic E-state index is 0.198. The molecule has 0 radical (unpaired) electrons. The van der Waals surface area contributed by atoms with Crippen molar-refractivity contribution in [1.82, 2.24) is 15.0 Å². The van der Waals surface area contributed by atoms with E-state index in [-0.39, 0.29) is 5.91 Å². The van der Waals surface area contributed by atoms with E-state index in [1.54, 1.807) is 36.9 Å². The first-order valence-corrected chi connectivity index (χ1v) is 6.96. The van der Waals surface area contributed by atoms with Crippen molar-refractivity contribution in [2.45, 2.75) is 6.92 Å². The van der Waals surface area contributed by atoms with Crippen molar-refractivity contribution in [1.29, 1.82) is 0 Å². The number of benzene rings is 1. The van der Waals surface area contributed by atoms with Crippen LogP contribution in [-0.2, 0) is 0 Å². The molecule has 0 bridgehead atoms. The fraction of sp³-hybridized carbons (Fsp3) is 0.0588. The highest BCUT2D eigenvalue weighted by Gasteiger charge is 2.07. The predicted molar refractivity (Wildman–Crippen MR) is 85.5 cm³/mol. The maximum Gasteiger partial charge on any atom is 0.255 e. The average Bonchev–Trinajstić information content (AvgIpc) is 2.56. The smallest absolute Gasteiger partial charge is 0.255 e. The molecule has 6 nitrogen and oxygen atoms in total. The van der Waals surface area contributed by atoms with E-state index in [1.807, 2.05) is 25.1 Å². The van der Waals surface area contributed by atoms with Gasteiger partial charge in [0.15, 0.2) is 5.75 Å². The molecule has 0 spiro atoms. The van der Waals surface area contributed by atoms with Crippen molar-refractivity contribution in [3.8, 4) is 11.5 Å². The number of carbonyl (C=O) groups is 1. The van der Waals surface area contributed by atoms with E-state index in [0.29, 0.717) is 22.7 Å². The molecular weight excluding hydrogens is 292 g/mol. The molecule has 0 saturated heterocycles. The summed E-state index contributed by atoms with van der Waals surface area (Å²) in [6.07, 6.45) is 7.62. The number of hydrogen-bond donors (Lipinski definition) is 1. The second-order valence-corrected chi connectivity index (χ2v) is 4.91. The quantitative estimate of drug-likeness (QED) is 0.800. The molecule has 1 N–H and O–H groups in total. The third kappa shape index (κ3) is 3.88. The number of rotatable bonds is 4. The van der Waals surface area contributed by atoms with Gasteiger partial charge in [-0.1, -0.05) is 17.7 Å². The largest absolute Gasteiger partial charge is 0.452 e. The van der Waals surface area contributed by atoms with Crippen LogP contribution in [-0.4, -0.2) is 20.9 Å². The van der Waals surface area contributed by atoms with Crippen molar-refractivity contribution in [3.63, 3.8) is 0 Å². The third-order valence-electron chi connectivity index (χ3n) is 3.02. The Balaban J connectivity index is 1.74. The molecule has 2 aromatic heterocycles. The molecule has 0 unspecified atom stereocenters. The van der Waals surface area contributed by atoms with E-state index >= 15 is 0 Å². The summed E-state index contributed by atoms with van der Waals surface area (Å²) in [5.41, 5.74) is 2.16.